The summed E-state index contributed by atoms with van der Waals surface area (Å²) in [7, 11) is 0. The van der Waals surface area contributed by atoms with Crippen LogP contribution in [0.2, 0.25) is 0 Å². The number of benzene rings is 1. The molecule has 68 valence electrons. The van der Waals surface area contributed by atoms with Gasteiger partial charge in [-0.3, -0.25) is 4.89 Å². The van der Waals surface area contributed by atoms with Crippen molar-refractivity contribution >= 4 is 5.97 Å². The summed E-state index contributed by atoms with van der Waals surface area (Å²) in [6.07, 6.45) is 2.26. The Morgan fingerprint density at radius 3 is 2.85 bits per heavy atom. The zero-order valence-corrected chi connectivity index (χ0v) is 7.06. The van der Waals surface area contributed by atoms with Crippen molar-refractivity contribution < 1.29 is 14.9 Å². The Morgan fingerprint density at radius 1 is 1.54 bits per heavy atom. The van der Waals surface area contributed by atoms with Gasteiger partial charge in [-0.1, -0.05) is 24.3 Å². The lowest BCUT2D eigenvalue weighted by molar-refractivity contribution is -0.182. The fourth-order valence-corrected chi connectivity index (χ4v) is 1.10. The second-order valence-corrected chi connectivity index (χ2v) is 2.53. The molecule has 0 aliphatic carbocycles. The Morgan fingerprint density at radius 2 is 2.23 bits per heavy atom. The van der Waals surface area contributed by atoms with E-state index in [0.717, 1.165) is 5.56 Å². The van der Waals surface area contributed by atoms with Gasteiger partial charge in [-0.15, -0.1) is 6.58 Å². The lowest BCUT2D eigenvalue weighted by Crippen LogP contribution is -2.05. The van der Waals surface area contributed by atoms with Crippen molar-refractivity contribution in [3.05, 3.63) is 48.0 Å². The van der Waals surface area contributed by atoms with E-state index in [1.807, 2.05) is 6.07 Å². The van der Waals surface area contributed by atoms with E-state index in [1.54, 1.807) is 24.3 Å². The van der Waals surface area contributed by atoms with Gasteiger partial charge < -0.3 is 0 Å². The number of hydrogen-bond acceptors (Lipinski definition) is 3. The smallest absolute Gasteiger partial charge is 0.295 e. The molecule has 0 aliphatic rings. The standard InChI is InChI=1S/C10H10O3/c1-2-5-8-6-3-4-7-9(8)10(11)13-12/h2-4,6-7,12H,1,5H2. The molecule has 0 saturated carbocycles. The van der Waals surface area contributed by atoms with Gasteiger partial charge in [0.1, 0.15) is 0 Å². The fourth-order valence-electron chi connectivity index (χ4n) is 1.10. The highest BCUT2D eigenvalue weighted by Gasteiger charge is 2.10. The Labute approximate surface area is 76.2 Å². The van der Waals surface area contributed by atoms with Crippen molar-refractivity contribution in [2.24, 2.45) is 0 Å². The van der Waals surface area contributed by atoms with Crippen molar-refractivity contribution in [2.75, 3.05) is 0 Å². The van der Waals surface area contributed by atoms with Crippen LogP contribution in [0.15, 0.2) is 36.9 Å². The van der Waals surface area contributed by atoms with Gasteiger partial charge in [0.05, 0.1) is 5.56 Å². The molecule has 0 amide bonds. The second-order valence-electron chi connectivity index (χ2n) is 2.53. The molecule has 0 fully saturated rings. The van der Waals surface area contributed by atoms with Gasteiger partial charge in [-0.25, -0.2) is 4.79 Å². The van der Waals surface area contributed by atoms with Crippen molar-refractivity contribution in [3.8, 4) is 0 Å². The number of carbonyl (C=O) groups is 1. The molecule has 1 N–H and O–H groups in total. The van der Waals surface area contributed by atoms with Crippen molar-refractivity contribution in [1.82, 2.24) is 0 Å². The lowest BCUT2D eigenvalue weighted by Gasteiger charge is -2.02. The molecule has 0 bridgehead atoms. The Balaban J connectivity index is 3.03. The van der Waals surface area contributed by atoms with E-state index in [1.165, 1.54) is 0 Å². The van der Waals surface area contributed by atoms with Crippen molar-refractivity contribution in [1.29, 1.82) is 0 Å². The number of hydrogen-bond donors (Lipinski definition) is 1. The zero-order valence-electron chi connectivity index (χ0n) is 7.06. The summed E-state index contributed by atoms with van der Waals surface area (Å²) < 4.78 is 0. The van der Waals surface area contributed by atoms with Crippen LogP contribution in [0, 0.1) is 0 Å². The maximum Gasteiger partial charge on any atom is 0.373 e. The zero-order chi connectivity index (χ0) is 9.68. The molecular formula is C10H10O3. The van der Waals surface area contributed by atoms with Gasteiger partial charge in [-0.05, 0) is 18.1 Å². The second kappa shape index (κ2) is 4.42. The van der Waals surface area contributed by atoms with E-state index in [4.69, 9.17) is 5.26 Å². The molecular weight excluding hydrogens is 168 g/mol. The molecule has 0 atom stereocenters. The van der Waals surface area contributed by atoms with Crippen LogP contribution in [-0.4, -0.2) is 11.2 Å². The summed E-state index contributed by atoms with van der Waals surface area (Å²) in [6, 6.07) is 6.90. The van der Waals surface area contributed by atoms with Gasteiger partial charge >= 0.3 is 5.97 Å². The molecule has 0 aromatic heterocycles. The number of allylic oxidation sites excluding steroid dienone is 1. The summed E-state index contributed by atoms with van der Waals surface area (Å²) in [5.41, 5.74) is 1.15. The quantitative estimate of drug-likeness (QED) is 0.437. The van der Waals surface area contributed by atoms with E-state index in [2.05, 4.69) is 11.5 Å². The highest BCUT2D eigenvalue weighted by atomic mass is 17.1. The first-order chi connectivity index (χ1) is 6.29. The van der Waals surface area contributed by atoms with Crippen LogP contribution in [0.3, 0.4) is 0 Å². The predicted octanol–water partition coefficient (Wildman–Crippen LogP) is 2.04. The highest BCUT2D eigenvalue weighted by Crippen LogP contribution is 2.10. The molecule has 3 heteroatoms. The van der Waals surface area contributed by atoms with Gasteiger partial charge in [0.2, 0.25) is 0 Å². The number of carbonyl (C=O) groups excluding carboxylic acids is 1. The van der Waals surface area contributed by atoms with Crippen LogP contribution in [-0.2, 0) is 11.3 Å². The van der Waals surface area contributed by atoms with E-state index in [0.29, 0.717) is 12.0 Å². The molecule has 13 heavy (non-hydrogen) atoms. The van der Waals surface area contributed by atoms with Gasteiger partial charge in [0, 0.05) is 0 Å². The van der Waals surface area contributed by atoms with Crippen LogP contribution in [0.5, 0.6) is 0 Å². The third-order valence-electron chi connectivity index (χ3n) is 1.68. The molecule has 1 aromatic carbocycles. The maximum absolute atomic E-state index is 11.0. The summed E-state index contributed by atoms with van der Waals surface area (Å²) in [4.78, 5) is 14.7. The summed E-state index contributed by atoms with van der Waals surface area (Å²) in [5, 5.41) is 8.21. The van der Waals surface area contributed by atoms with Crippen LogP contribution >= 0.6 is 0 Å². The molecule has 0 heterocycles. The highest BCUT2D eigenvalue weighted by molar-refractivity contribution is 5.90. The molecule has 1 rings (SSSR count). The first-order valence-electron chi connectivity index (χ1n) is 3.84. The Hall–Kier alpha value is -1.61. The van der Waals surface area contributed by atoms with E-state index >= 15 is 0 Å². The summed E-state index contributed by atoms with van der Waals surface area (Å²) >= 11 is 0. The van der Waals surface area contributed by atoms with E-state index in [9.17, 15) is 4.79 Å². The van der Waals surface area contributed by atoms with Crippen LogP contribution in [0.25, 0.3) is 0 Å². The monoisotopic (exact) mass is 178 g/mol. The molecule has 3 nitrogen and oxygen atoms in total. The molecule has 0 saturated heterocycles. The van der Waals surface area contributed by atoms with Gasteiger partial charge in [0.15, 0.2) is 0 Å². The normalized spacial score (nSPS) is 9.31. The average molecular weight is 178 g/mol. The first kappa shape index (κ1) is 9.48. The summed E-state index contributed by atoms with van der Waals surface area (Å²) in [5.74, 6) is -0.738. The van der Waals surface area contributed by atoms with Crippen molar-refractivity contribution in [3.63, 3.8) is 0 Å². The molecule has 0 radical (unpaired) electrons. The minimum atomic E-state index is -0.738. The third-order valence-corrected chi connectivity index (χ3v) is 1.68. The largest absolute Gasteiger partial charge is 0.373 e. The molecule has 0 aliphatic heterocycles. The minimum Gasteiger partial charge on any atom is -0.295 e. The van der Waals surface area contributed by atoms with Gasteiger partial charge in [0.25, 0.3) is 0 Å². The fraction of sp³-hybridized carbons (Fsp3) is 0.100. The maximum atomic E-state index is 11.0. The lowest BCUT2D eigenvalue weighted by atomic mass is 10.1. The molecule has 0 unspecified atom stereocenters. The van der Waals surface area contributed by atoms with Gasteiger partial charge in [-0.2, -0.15) is 5.26 Å². The predicted molar refractivity (Wildman–Crippen MR) is 48.4 cm³/mol. The minimum absolute atomic E-state index is 0.366. The first-order valence-corrected chi connectivity index (χ1v) is 3.84. The van der Waals surface area contributed by atoms with Crippen LogP contribution in [0.4, 0.5) is 0 Å². The Bertz CT molecular complexity index is 318. The topological polar surface area (TPSA) is 46.5 Å². The summed E-state index contributed by atoms with van der Waals surface area (Å²) in [6.45, 7) is 3.57. The average Bonchev–Trinajstić information content (AvgIpc) is 2.18. The number of rotatable bonds is 3. The molecule has 1 aromatic rings. The van der Waals surface area contributed by atoms with Crippen LogP contribution in [0.1, 0.15) is 15.9 Å². The molecule has 0 spiro atoms. The van der Waals surface area contributed by atoms with E-state index < -0.39 is 5.97 Å². The SMILES string of the molecule is C=CCc1ccccc1C(=O)OO. The van der Waals surface area contributed by atoms with E-state index in [-0.39, 0.29) is 0 Å². The third kappa shape index (κ3) is 2.16. The Kier molecular flexibility index (Phi) is 3.23. The van der Waals surface area contributed by atoms with Crippen LogP contribution < -0.4 is 0 Å². The van der Waals surface area contributed by atoms with Crippen molar-refractivity contribution in [2.45, 2.75) is 6.42 Å².